The Kier molecular flexibility index (Phi) is 18.3. The van der Waals surface area contributed by atoms with Crippen molar-refractivity contribution in [1.82, 2.24) is 0 Å². The fraction of sp³-hybridized carbons (Fsp3) is 0.500. The van der Waals surface area contributed by atoms with E-state index in [0.717, 1.165) is 0 Å². The lowest BCUT2D eigenvalue weighted by Gasteiger charge is -1.71. The predicted molar refractivity (Wildman–Crippen MR) is 43.4 cm³/mol. The second-order valence-electron chi connectivity index (χ2n) is 1.43. The van der Waals surface area contributed by atoms with Gasteiger partial charge < -0.3 is 20.4 Å². The van der Waals surface area contributed by atoms with Crippen LogP contribution >= 0.6 is 0 Å². The highest BCUT2D eigenvalue weighted by Crippen LogP contribution is 1.64. The number of aliphatic hydroxyl groups is 4. The summed E-state index contributed by atoms with van der Waals surface area (Å²) in [5, 5.41) is 31.5. The molecule has 0 radical (unpaired) electrons. The summed E-state index contributed by atoms with van der Waals surface area (Å²) in [4.78, 5) is 0. The maximum absolute atomic E-state index is 7.98. The van der Waals surface area contributed by atoms with Crippen LogP contribution in [0.1, 0.15) is 6.42 Å². The van der Waals surface area contributed by atoms with Crippen LogP contribution in [0.4, 0.5) is 0 Å². The minimum Gasteiger partial charge on any atom is -0.462 e. The van der Waals surface area contributed by atoms with Crippen molar-refractivity contribution in [2.24, 2.45) is 0 Å². The summed E-state index contributed by atoms with van der Waals surface area (Å²) in [6.45, 7) is -0.311. The van der Waals surface area contributed by atoms with E-state index in [2.05, 4.69) is 17.8 Å². The quantitative estimate of drug-likeness (QED) is 0.370. The highest BCUT2D eigenvalue weighted by Gasteiger charge is 1.65. The minimum absolute atomic E-state index is 0.0214. The molecule has 0 saturated carbocycles. The van der Waals surface area contributed by atoms with Gasteiger partial charge in [0.1, 0.15) is 19.3 Å². The van der Waals surface area contributed by atoms with Gasteiger partial charge in [-0.1, -0.05) is 17.8 Å². The van der Waals surface area contributed by atoms with Gasteiger partial charge in [0.15, 0.2) is 0 Å². The molecule has 0 atom stereocenters. The Morgan fingerprint density at radius 1 is 0.833 bits per heavy atom. The van der Waals surface area contributed by atoms with E-state index in [9.17, 15) is 0 Å². The zero-order valence-corrected chi connectivity index (χ0v) is 6.62. The van der Waals surface area contributed by atoms with E-state index < -0.39 is 0 Å². The largest absolute Gasteiger partial charge is 0.462 e. The summed E-state index contributed by atoms with van der Waals surface area (Å²) < 4.78 is 0. The molecule has 4 N–H and O–H groups in total. The maximum Gasteiger partial charge on any atom is 0.107 e. The molecule has 12 heavy (non-hydrogen) atoms. The Morgan fingerprint density at radius 3 is 1.50 bits per heavy atom. The van der Waals surface area contributed by atoms with Gasteiger partial charge in [0.05, 0.1) is 6.61 Å². The molecule has 0 aromatic carbocycles. The van der Waals surface area contributed by atoms with Crippen molar-refractivity contribution >= 4 is 0 Å². The summed E-state index contributed by atoms with van der Waals surface area (Å²) in [5.41, 5.74) is 0. The Bertz CT molecular complexity index is 171. The molecular formula is C8H12O4. The summed E-state index contributed by atoms with van der Waals surface area (Å²) in [6.07, 6.45) is 2.02. The summed E-state index contributed by atoms with van der Waals surface area (Å²) >= 11 is 0. The van der Waals surface area contributed by atoms with Gasteiger partial charge in [-0.15, -0.1) is 0 Å². The summed E-state index contributed by atoms with van der Waals surface area (Å²) in [6, 6.07) is 0. The molecule has 0 bridgehead atoms. The molecule has 68 valence electrons. The van der Waals surface area contributed by atoms with E-state index in [-0.39, 0.29) is 19.8 Å². The zero-order chi connectivity index (χ0) is 9.66. The van der Waals surface area contributed by atoms with Crippen LogP contribution in [0.25, 0.3) is 0 Å². The van der Waals surface area contributed by atoms with E-state index in [1.54, 1.807) is 6.11 Å². The van der Waals surface area contributed by atoms with Gasteiger partial charge in [-0.05, 0) is 0 Å². The maximum atomic E-state index is 7.98. The van der Waals surface area contributed by atoms with E-state index in [1.807, 2.05) is 0 Å². The van der Waals surface area contributed by atoms with Crippen molar-refractivity contribution in [3.8, 4) is 23.9 Å². The van der Waals surface area contributed by atoms with Crippen molar-refractivity contribution in [2.45, 2.75) is 6.42 Å². The topological polar surface area (TPSA) is 80.9 Å². The van der Waals surface area contributed by atoms with Gasteiger partial charge in [-0.25, -0.2) is 0 Å². The number of rotatable bonds is 1. The fourth-order valence-corrected chi connectivity index (χ4v) is 0.224. The lowest BCUT2D eigenvalue weighted by Crippen LogP contribution is -1.74. The van der Waals surface area contributed by atoms with Crippen molar-refractivity contribution in [1.29, 1.82) is 0 Å². The molecular weight excluding hydrogens is 160 g/mol. The Morgan fingerprint density at radius 2 is 1.33 bits per heavy atom. The monoisotopic (exact) mass is 172 g/mol. The van der Waals surface area contributed by atoms with Crippen LogP contribution in [0.15, 0.2) is 0 Å². The molecule has 0 unspecified atom stereocenters. The lowest BCUT2D eigenvalue weighted by molar-refractivity contribution is 0.304. The molecule has 0 saturated heterocycles. The molecule has 0 fully saturated rings. The first kappa shape index (κ1) is 13.4. The van der Waals surface area contributed by atoms with Crippen LogP contribution < -0.4 is 0 Å². The third-order valence-corrected chi connectivity index (χ3v) is 0.599. The molecule has 0 rings (SSSR count). The second-order valence-corrected chi connectivity index (χ2v) is 1.43. The smallest absolute Gasteiger partial charge is 0.107 e. The molecule has 0 aliphatic carbocycles. The second kappa shape index (κ2) is 16.4. The molecule has 0 amide bonds. The van der Waals surface area contributed by atoms with Crippen LogP contribution in [0, 0.1) is 23.9 Å². The lowest BCUT2D eigenvalue weighted by atomic mass is 10.5. The Labute approximate surface area is 71.5 Å². The van der Waals surface area contributed by atoms with E-state index >= 15 is 0 Å². The SMILES string of the molecule is OC#CCCO.OCC#CCO. The van der Waals surface area contributed by atoms with E-state index in [0.29, 0.717) is 6.42 Å². The fourth-order valence-electron chi connectivity index (χ4n) is 0.224. The van der Waals surface area contributed by atoms with Crippen LogP contribution in [-0.4, -0.2) is 40.2 Å². The van der Waals surface area contributed by atoms with Crippen molar-refractivity contribution in [3.63, 3.8) is 0 Å². The van der Waals surface area contributed by atoms with Crippen LogP contribution in [0.2, 0.25) is 0 Å². The minimum atomic E-state index is -0.166. The third kappa shape index (κ3) is 23.2. The van der Waals surface area contributed by atoms with E-state index in [4.69, 9.17) is 20.4 Å². The molecule has 0 aromatic rings. The Balaban J connectivity index is 0. The van der Waals surface area contributed by atoms with Gasteiger partial charge in [0.25, 0.3) is 0 Å². The average molecular weight is 172 g/mol. The highest BCUT2D eigenvalue weighted by molar-refractivity contribution is 4.97. The van der Waals surface area contributed by atoms with Crippen LogP contribution in [-0.2, 0) is 0 Å². The standard InChI is InChI=1S/2C4H6O2/c2*5-3-1-2-4-6/h5-6H,3-4H2;5-6H,1,3H2. The number of aliphatic hydroxyl groups excluding tert-OH is 4. The van der Waals surface area contributed by atoms with Crippen molar-refractivity contribution in [3.05, 3.63) is 0 Å². The van der Waals surface area contributed by atoms with Gasteiger partial charge in [-0.3, -0.25) is 0 Å². The molecule has 0 heterocycles. The van der Waals surface area contributed by atoms with Gasteiger partial charge >= 0.3 is 0 Å². The predicted octanol–water partition coefficient (Wildman–Crippen LogP) is -1.32. The molecule has 0 aliphatic rings. The van der Waals surface area contributed by atoms with Crippen LogP contribution in [0.3, 0.4) is 0 Å². The van der Waals surface area contributed by atoms with Crippen LogP contribution in [0.5, 0.6) is 0 Å². The van der Waals surface area contributed by atoms with Crippen molar-refractivity contribution in [2.75, 3.05) is 19.8 Å². The average Bonchev–Trinajstić information content (AvgIpc) is 2.12. The number of hydrogen-bond donors (Lipinski definition) is 4. The number of hydrogen-bond acceptors (Lipinski definition) is 4. The molecule has 0 aromatic heterocycles. The van der Waals surface area contributed by atoms with Gasteiger partial charge in [-0.2, -0.15) is 0 Å². The normalized spacial score (nSPS) is 6.25. The highest BCUT2D eigenvalue weighted by atomic mass is 16.3. The van der Waals surface area contributed by atoms with E-state index in [1.165, 1.54) is 0 Å². The van der Waals surface area contributed by atoms with Gasteiger partial charge in [0, 0.05) is 6.42 Å². The first-order valence-corrected chi connectivity index (χ1v) is 3.23. The molecule has 4 nitrogen and oxygen atoms in total. The van der Waals surface area contributed by atoms with Crippen molar-refractivity contribution < 1.29 is 20.4 Å². The summed E-state index contributed by atoms with van der Waals surface area (Å²) in [5.74, 6) is 6.76. The molecule has 0 spiro atoms. The first-order chi connectivity index (χ1) is 5.83. The molecule has 4 heteroatoms. The molecule has 0 aliphatic heterocycles. The Hall–Kier alpha value is -1.20. The first-order valence-electron chi connectivity index (χ1n) is 3.23. The zero-order valence-electron chi connectivity index (χ0n) is 6.62. The van der Waals surface area contributed by atoms with Gasteiger partial charge in [0.2, 0.25) is 0 Å². The third-order valence-electron chi connectivity index (χ3n) is 0.599. The summed E-state index contributed by atoms with van der Waals surface area (Å²) in [7, 11) is 0.